The van der Waals surface area contributed by atoms with E-state index in [0.717, 1.165) is 0 Å². The van der Waals surface area contributed by atoms with Crippen LogP contribution < -0.4 is 5.32 Å². The second-order valence-electron chi connectivity index (χ2n) is 5.04. The minimum absolute atomic E-state index is 0.00577. The summed E-state index contributed by atoms with van der Waals surface area (Å²) >= 11 is 0. The molecular formula is C16H31NO8. The highest BCUT2D eigenvalue weighted by Gasteiger charge is 2.03. The number of nitrogens with one attached hydrogen (secondary N) is 1. The molecule has 0 aliphatic carbocycles. The first-order valence-electron chi connectivity index (χ1n) is 8.45. The molecule has 0 radical (unpaired) electrons. The molecule has 0 bridgehead atoms. The molecule has 0 aliphatic rings. The fourth-order valence-corrected chi connectivity index (χ4v) is 1.66. The molecule has 25 heavy (non-hydrogen) atoms. The Labute approximate surface area is 148 Å². The molecule has 0 aromatic heterocycles. The van der Waals surface area contributed by atoms with Crippen molar-refractivity contribution in [3.63, 3.8) is 0 Å². The van der Waals surface area contributed by atoms with E-state index in [1.807, 2.05) is 0 Å². The summed E-state index contributed by atoms with van der Waals surface area (Å²) in [4.78, 5) is 21.7. The van der Waals surface area contributed by atoms with Crippen molar-refractivity contribution in [2.24, 2.45) is 0 Å². The number of ether oxygens (including phenoxy) is 5. The zero-order chi connectivity index (χ0) is 18.6. The average molecular weight is 365 g/mol. The lowest BCUT2D eigenvalue weighted by Crippen LogP contribution is -2.27. The van der Waals surface area contributed by atoms with Crippen molar-refractivity contribution in [1.29, 1.82) is 0 Å². The summed E-state index contributed by atoms with van der Waals surface area (Å²) in [5.74, 6) is -1.05. The predicted molar refractivity (Wildman–Crippen MR) is 89.6 cm³/mol. The fraction of sp³-hybridized carbons (Fsp3) is 0.875. The van der Waals surface area contributed by atoms with E-state index in [-0.39, 0.29) is 18.7 Å². The van der Waals surface area contributed by atoms with Crippen molar-refractivity contribution in [3.05, 3.63) is 0 Å². The van der Waals surface area contributed by atoms with Crippen LogP contribution in [-0.4, -0.2) is 90.1 Å². The third-order valence-corrected chi connectivity index (χ3v) is 2.91. The minimum atomic E-state index is -0.892. The summed E-state index contributed by atoms with van der Waals surface area (Å²) in [5, 5.41) is 11.1. The first-order chi connectivity index (χ1) is 12.2. The lowest BCUT2D eigenvalue weighted by molar-refractivity contribution is -0.137. The van der Waals surface area contributed by atoms with Crippen molar-refractivity contribution < 1.29 is 38.4 Å². The van der Waals surface area contributed by atoms with E-state index in [1.54, 1.807) is 7.11 Å². The quantitative estimate of drug-likeness (QED) is 0.309. The molecule has 0 aromatic carbocycles. The summed E-state index contributed by atoms with van der Waals surface area (Å²) in [6.07, 6.45) is 0.565. The van der Waals surface area contributed by atoms with Crippen LogP contribution in [0, 0.1) is 0 Å². The van der Waals surface area contributed by atoms with Crippen LogP contribution in [0.25, 0.3) is 0 Å². The number of aliphatic carboxylic acids is 1. The van der Waals surface area contributed by atoms with Crippen molar-refractivity contribution in [2.75, 3.05) is 73.1 Å². The van der Waals surface area contributed by atoms with Crippen LogP contribution in [0.5, 0.6) is 0 Å². The molecular weight excluding hydrogens is 334 g/mol. The molecule has 0 unspecified atom stereocenters. The van der Waals surface area contributed by atoms with Gasteiger partial charge in [0.05, 0.1) is 59.5 Å². The second kappa shape index (κ2) is 19.1. The molecule has 0 aromatic rings. The van der Waals surface area contributed by atoms with Crippen LogP contribution in [0.1, 0.15) is 19.3 Å². The number of carboxylic acid groups (broad SMARTS) is 1. The zero-order valence-corrected chi connectivity index (χ0v) is 15.0. The smallest absolute Gasteiger partial charge is 0.303 e. The van der Waals surface area contributed by atoms with Crippen LogP contribution in [0.4, 0.5) is 0 Å². The van der Waals surface area contributed by atoms with Gasteiger partial charge in [-0.2, -0.15) is 0 Å². The number of hydrogen-bond acceptors (Lipinski definition) is 7. The SMILES string of the molecule is COCCOCCOCCOCCOCCNC(=O)CCCC(=O)O. The molecule has 2 N–H and O–H groups in total. The number of hydrogen-bond donors (Lipinski definition) is 2. The highest BCUT2D eigenvalue weighted by molar-refractivity contribution is 5.76. The van der Waals surface area contributed by atoms with Gasteiger partial charge >= 0.3 is 5.97 Å². The minimum Gasteiger partial charge on any atom is -0.481 e. The molecule has 0 heterocycles. The van der Waals surface area contributed by atoms with Crippen molar-refractivity contribution in [1.82, 2.24) is 5.32 Å². The van der Waals surface area contributed by atoms with Crippen LogP contribution in [0.15, 0.2) is 0 Å². The van der Waals surface area contributed by atoms with Crippen LogP contribution >= 0.6 is 0 Å². The molecule has 1 amide bonds. The van der Waals surface area contributed by atoms with Gasteiger partial charge in [0.15, 0.2) is 0 Å². The first kappa shape index (κ1) is 23.7. The van der Waals surface area contributed by atoms with E-state index in [0.29, 0.717) is 72.4 Å². The summed E-state index contributed by atoms with van der Waals surface area (Å²) in [7, 11) is 1.63. The number of rotatable bonds is 19. The standard InChI is InChI=1S/C16H31NO8/c1-21-7-8-23-11-12-25-14-13-24-10-9-22-6-5-17-15(18)3-2-4-16(19)20/h2-14H2,1H3,(H,17,18)(H,19,20). The van der Waals surface area contributed by atoms with Gasteiger partial charge in [-0.3, -0.25) is 9.59 Å². The van der Waals surface area contributed by atoms with E-state index in [4.69, 9.17) is 28.8 Å². The highest BCUT2D eigenvalue weighted by Crippen LogP contribution is 1.94. The first-order valence-corrected chi connectivity index (χ1v) is 8.45. The van der Waals surface area contributed by atoms with Gasteiger partial charge in [-0.25, -0.2) is 0 Å². The Morgan fingerprint density at radius 2 is 1.24 bits per heavy atom. The van der Waals surface area contributed by atoms with E-state index >= 15 is 0 Å². The Morgan fingerprint density at radius 1 is 0.760 bits per heavy atom. The summed E-state index contributed by atoms with van der Waals surface area (Å²) < 4.78 is 26.0. The third-order valence-electron chi connectivity index (χ3n) is 2.91. The molecule has 0 rings (SSSR count). The molecule has 0 aliphatic heterocycles. The van der Waals surface area contributed by atoms with Crippen molar-refractivity contribution >= 4 is 11.9 Å². The van der Waals surface area contributed by atoms with Gasteiger partial charge in [0.1, 0.15) is 0 Å². The van der Waals surface area contributed by atoms with Gasteiger partial charge in [-0.15, -0.1) is 0 Å². The molecule has 148 valence electrons. The topological polar surface area (TPSA) is 113 Å². The molecule has 9 heteroatoms. The van der Waals surface area contributed by atoms with Gasteiger partial charge < -0.3 is 34.1 Å². The van der Waals surface area contributed by atoms with Crippen molar-refractivity contribution in [3.8, 4) is 0 Å². The lowest BCUT2D eigenvalue weighted by Gasteiger charge is -2.08. The number of carboxylic acids is 1. The number of carbonyl (C=O) groups is 2. The van der Waals surface area contributed by atoms with Crippen LogP contribution in [-0.2, 0) is 33.3 Å². The van der Waals surface area contributed by atoms with Gasteiger partial charge in [-0.05, 0) is 6.42 Å². The number of amides is 1. The van der Waals surface area contributed by atoms with Gasteiger partial charge in [0.25, 0.3) is 0 Å². The average Bonchev–Trinajstić information content (AvgIpc) is 2.58. The normalized spacial score (nSPS) is 10.8. The van der Waals surface area contributed by atoms with Crippen LogP contribution in [0.2, 0.25) is 0 Å². The predicted octanol–water partition coefficient (Wildman–Crippen LogP) is 0.0703. The third kappa shape index (κ3) is 20.7. The number of carbonyl (C=O) groups excluding carboxylic acids is 1. The van der Waals surface area contributed by atoms with Crippen LogP contribution in [0.3, 0.4) is 0 Å². The maximum atomic E-state index is 11.3. The fourth-order valence-electron chi connectivity index (χ4n) is 1.66. The van der Waals surface area contributed by atoms with Crippen molar-refractivity contribution in [2.45, 2.75) is 19.3 Å². The zero-order valence-electron chi connectivity index (χ0n) is 15.0. The van der Waals surface area contributed by atoms with Gasteiger partial charge in [-0.1, -0.05) is 0 Å². The Bertz CT molecular complexity index is 327. The Hall–Kier alpha value is -1.26. The van der Waals surface area contributed by atoms with E-state index in [9.17, 15) is 9.59 Å². The molecule has 0 atom stereocenters. The molecule has 0 saturated heterocycles. The molecule has 0 fully saturated rings. The summed E-state index contributed by atoms with van der Waals surface area (Å²) in [6.45, 7) is 4.89. The largest absolute Gasteiger partial charge is 0.481 e. The van der Waals surface area contributed by atoms with E-state index in [1.165, 1.54) is 0 Å². The molecule has 9 nitrogen and oxygen atoms in total. The Morgan fingerprint density at radius 3 is 1.72 bits per heavy atom. The Balaban J connectivity index is 3.11. The summed E-state index contributed by atoms with van der Waals surface area (Å²) in [5.41, 5.74) is 0. The summed E-state index contributed by atoms with van der Waals surface area (Å²) in [6, 6.07) is 0. The van der Waals surface area contributed by atoms with Gasteiger partial charge in [0.2, 0.25) is 5.91 Å². The number of methoxy groups -OCH3 is 1. The maximum absolute atomic E-state index is 11.3. The molecule has 0 saturated carbocycles. The maximum Gasteiger partial charge on any atom is 0.303 e. The van der Waals surface area contributed by atoms with E-state index < -0.39 is 5.97 Å². The van der Waals surface area contributed by atoms with Gasteiger partial charge in [0, 0.05) is 26.5 Å². The highest BCUT2D eigenvalue weighted by atomic mass is 16.6. The molecule has 0 spiro atoms. The second-order valence-corrected chi connectivity index (χ2v) is 5.04. The lowest BCUT2D eigenvalue weighted by atomic mass is 10.2. The van der Waals surface area contributed by atoms with E-state index in [2.05, 4.69) is 5.32 Å². The Kier molecular flexibility index (Phi) is 18.1. The monoisotopic (exact) mass is 365 g/mol.